The molecule has 0 fully saturated rings. The molecule has 0 N–H and O–H groups in total. The number of benzene rings is 1. The minimum atomic E-state index is 0.102. The highest BCUT2D eigenvalue weighted by Gasteiger charge is 2.21. The van der Waals surface area contributed by atoms with Gasteiger partial charge in [-0.2, -0.15) is 0 Å². The fourth-order valence-corrected chi connectivity index (χ4v) is 2.31. The molecule has 0 aliphatic carbocycles. The van der Waals surface area contributed by atoms with Crippen molar-refractivity contribution in [2.45, 2.75) is 46.0 Å². The molecule has 3 heteroatoms. The molecule has 0 unspecified atom stereocenters. The van der Waals surface area contributed by atoms with Crippen molar-refractivity contribution < 1.29 is 4.74 Å². The number of ether oxygens (including phenoxy) is 1. The van der Waals surface area contributed by atoms with Crippen LogP contribution in [0.25, 0.3) is 5.69 Å². The van der Waals surface area contributed by atoms with Crippen molar-refractivity contribution in [1.29, 1.82) is 0 Å². The summed E-state index contributed by atoms with van der Waals surface area (Å²) in [6.07, 6.45) is 5.56. The smallest absolute Gasteiger partial charge is 0.146 e. The van der Waals surface area contributed by atoms with E-state index in [1.54, 1.807) is 13.3 Å². The Hall–Kier alpha value is -1.77. The molecule has 1 heterocycles. The Morgan fingerprint density at radius 3 is 2.35 bits per heavy atom. The summed E-state index contributed by atoms with van der Waals surface area (Å²) in [5.41, 5.74) is 3.71. The number of imidazole rings is 1. The molecule has 2 rings (SSSR count). The van der Waals surface area contributed by atoms with Crippen LogP contribution in [-0.2, 0) is 5.41 Å². The summed E-state index contributed by atoms with van der Waals surface area (Å²) in [6, 6.07) is 4.47. The summed E-state index contributed by atoms with van der Waals surface area (Å²) in [5, 5.41) is 0. The van der Waals surface area contributed by atoms with Crippen LogP contribution in [0.15, 0.2) is 30.9 Å². The van der Waals surface area contributed by atoms with Crippen LogP contribution in [0.2, 0.25) is 0 Å². The van der Waals surface area contributed by atoms with Crippen molar-refractivity contribution in [3.63, 3.8) is 0 Å². The molecule has 0 radical (unpaired) electrons. The molecular weight excluding hydrogens is 248 g/mol. The summed E-state index contributed by atoms with van der Waals surface area (Å²) in [4.78, 5) is 4.15. The first kappa shape index (κ1) is 14.6. The molecule has 108 valence electrons. The van der Waals surface area contributed by atoms with Gasteiger partial charge in [-0.15, -0.1) is 0 Å². The summed E-state index contributed by atoms with van der Waals surface area (Å²) in [7, 11) is 1.73. The summed E-state index contributed by atoms with van der Waals surface area (Å²) < 4.78 is 7.69. The number of hydrogen-bond acceptors (Lipinski definition) is 2. The van der Waals surface area contributed by atoms with Crippen LogP contribution in [-0.4, -0.2) is 16.7 Å². The Labute approximate surface area is 121 Å². The van der Waals surface area contributed by atoms with Gasteiger partial charge in [0.1, 0.15) is 5.75 Å². The van der Waals surface area contributed by atoms with Crippen LogP contribution < -0.4 is 4.74 Å². The van der Waals surface area contributed by atoms with Gasteiger partial charge in [0.15, 0.2) is 0 Å². The molecule has 0 bridgehead atoms. The maximum absolute atomic E-state index is 5.68. The Morgan fingerprint density at radius 2 is 1.90 bits per heavy atom. The van der Waals surface area contributed by atoms with Crippen LogP contribution in [0, 0.1) is 0 Å². The topological polar surface area (TPSA) is 27.1 Å². The van der Waals surface area contributed by atoms with Crippen molar-refractivity contribution in [1.82, 2.24) is 9.55 Å². The van der Waals surface area contributed by atoms with Crippen LogP contribution in [0.5, 0.6) is 5.75 Å². The Morgan fingerprint density at radius 1 is 1.20 bits per heavy atom. The van der Waals surface area contributed by atoms with Crippen molar-refractivity contribution in [3.8, 4) is 11.4 Å². The Bertz CT molecular complexity index is 578. The average molecular weight is 272 g/mol. The summed E-state index contributed by atoms with van der Waals surface area (Å²) in [5.74, 6) is 1.35. The normalized spacial score (nSPS) is 11.9. The molecule has 1 aromatic carbocycles. The summed E-state index contributed by atoms with van der Waals surface area (Å²) in [6.45, 7) is 11.1. The van der Waals surface area contributed by atoms with E-state index in [4.69, 9.17) is 4.74 Å². The molecule has 2 aromatic rings. The van der Waals surface area contributed by atoms with E-state index in [2.05, 4.69) is 51.7 Å². The molecule has 0 saturated heterocycles. The molecule has 0 atom stereocenters. The molecule has 0 aliphatic rings. The lowest BCUT2D eigenvalue weighted by molar-refractivity contribution is 0.405. The average Bonchev–Trinajstić information content (AvgIpc) is 2.89. The van der Waals surface area contributed by atoms with Crippen LogP contribution in [0.1, 0.15) is 51.7 Å². The molecule has 0 spiro atoms. The highest BCUT2D eigenvalue weighted by molar-refractivity contribution is 5.56. The predicted octanol–water partition coefficient (Wildman–Crippen LogP) is 4.30. The Balaban J connectivity index is 2.73. The molecule has 1 aromatic heterocycles. The minimum absolute atomic E-state index is 0.102. The number of rotatable bonds is 3. The maximum Gasteiger partial charge on any atom is 0.146 e. The zero-order valence-electron chi connectivity index (χ0n) is 13.3. The molecular formula is C17H24N2O. The van der Waals surface area contributed by atoms with Gasteiger partial charge in [-0.3, -0.25) is 0 Å². The second-order valence-electron chi connectivity index (χ2n) is 6.49. The fraction of sp³-hybridized carbons (Fsp3) is 0.471. The fourth-order valence-electron chi connectivity index (χ4n) is 2.31. The third-order valence-electron chi connectivity index (χ3n) is 3.57. The van der Waals surface area contributed by atoms with E-state index >= 15 is 0 Å². The van der Waals surface area contributed by atoms with Gasteiger partial charge in [-0.25, -0.2) is 4.98 Å². The van der Waals surface area contributed by atoms with E-state index in [1.165, 1.54) is 11.1 Å². The van der Waals surface area contributed by atoms with Gasteiger partial charge in [0, 0.05) is 12.4 Å². The first-order chi connectivity index (χ1) is 9.34. The van der Waals surface area contributed by atoms with Gasteiger partial charge in [0.05, 0.1) is 19.1 Å². The minimum Gasteiger partial charge on any atom is -0.494 e. The van der Waals surface area contributed by atoms with Crippen molar-refractivity contribution in [2.75, 3.05) is 7.11 Å². The standard InChI is InChI=1S/C17H24N2O/c1-12(2)14-9-13(17(3,4)5)10-15(16(14)20-6)19-8-7-18-11-19/h7-12H,1-6H3. The maximum atomic E-state index is 5.68. The second kappa shape index (κ2) is 5.31. The predicted molar refractivity (Wildman–Crippen MR) is 82.9 cm³/mol. The molecule has 3 nitrogen and oxygen atoms in total. The van der Waals surface area contributed by atoms with Crippen LogP contribution >= 0.6 is 0 Å². The SMILES string of the molecule is COc1c(C(C)C)cc(C(C)(C)C)cc1-n1ccnc1. The van der Waals surface area contributed by atoms with Crippen LogP contribution in [0.4, 0.5) is 0 Å². The van der Waals surface area contributed by atoms with E-state index in [1.807, 2.05) is 17.1 Å². The van der Waals surface area contributed by atoms with E-state index in [0.717, 1.165) is 11.4 Å². The third-order valence-corrected chi connectivity index (χ3v) is 3.57. The van der Waals surface area contributed by atoms with Gasteiger partial charge in [-0.1, -0.05) is 40.7 Å². The first-order valence-corrected chi connectivity index (χ1v) is 7.05. The number of hydrogen-bond donors (Lipinski definition) is 0. The van der Waals surface area contributed by atoms with Gasteiger partial charge < -0.3 is 9.30 Å². The molecule has 20 heavy (non-hydrogen) atoms. The van der Waals surface area contributed by atoms with Gasteiger partial charge in [0.2, 0.25) is 0 Å². The van der Waals surface area contributed by atoms with E-state index < -0.39 is 0 Å². The number of nitrogens with zero attached hydrogens (tertiary/aromatic N) is 2. The van der Waals surface area contributed by atoms with E-state index in [0.29, 0.717) is 5.92 Å². The van der Waals surface area contributed by atoms with Gasteiger partial charge >= 0.3 is 0 Å². The van der Waals surface area contributed by atoms with Gasteiger partial charge in [0.25, 0.3) is 0 Å². The number of aromatic nitrogens is 2. The van der Waals surface area contributed by atoms with Gasteiger partial charge in [-0.05, 0) is 28.5 Å². The quantitative estimate of drug-likeness (QED) is 0.833. The highest BCUT2D eigenvalue weighted by atomic mass is 16.5. The lowest BCUT2D eigenvalue weighted by Crippen LogP contribution is -2.14. The van der Waals surface area contributed by atoms with Crippen molar-refractivity contribution >= 4 is 0 Å². The van der Waals surface area contributed by atoms with E-state index in [9.17, 15) is 0 Å². The lowest BCUT2D eigenvalue weighted by atomic mass is 9.84. The van der Waals surface area contributed by atoms with Crippen molar-refractivity contribution in [2.24, 2.45) is 0 Å². The first-order valence-electron chi connectivity index (χ1n) is 7.05. The second-order valence-corrected chi connectivity index (χ2v) is 6.49. The monoisotopic (exact) mass is 272 g/mol. The Kier molecular flexibility index (Phi) is 3.89. The summed E-state index contributed by atoms with van der Waals surface area (Å²) >= 11 is 0. The number of methoxy groups -OCH3 is 1. The largest absolute Gasteiger partial charge is 0.494 e. The third kappa shape index (κ3) is 2.72. The van der Waals surface area contributed by atoms with E-state index in [-0.39, 0.29) is 5.41 Å². The lowest BCUT2D eigenvalue weighted by Gasteiger charge is -2.25. The zero-order valence-corrected chi connectivity index (χ0v) is 13.3. The molecule has 0 saturated carbocycles. The highest BCUT2D eigenvalue weighted by Crippen LogP contribution is 2.37. The zero-order chi connectivity index (χ0) is 14.9. The molecule has 0 amide bonds. The van der Waals surface area contributed by atoms with Crippen LogP contribution in [0.3, 0.4) is 0 Å². The van der Waals surface area contributed by atoms with Crippen molar-refractivity contribution in [3.05, 3.63) is 42.0 Å². The molecule has 0 aliphatic heterocycles.